The summed E-state index contributed by atoms with van der Waals surface area (Å²) in [5.41, 5.74) is 8.69. The third kappa shape index (κ3) is 4.21. The average Bonchev–Trinajstić information content (AvgIpc) is 3.22. The minimum atomic E-state index is -1.03. The maximum atomic E-state index is 13.6. The molecule has 0 bridgehead atoms. The van der Waals surface area contributed by atoms with Crippen molar-refractivity contribution >= 4 is 46.3 Å². The number of carboxylic acids is 1. The lowest BCUT2D eigenvalue weighted by atomic mass is 10.1. The molecule has 0 aliphatic carbocycles. The number of imidazole rings is 1. The molecule has 10 heteroatoms. The van der Waals surface area contributed by atoms with E-state index in [4.69, 9.17) is 15.5 Å². The Morgan fingerprint density at radius 1 is 1.26 bits per heavy atom. The van der Waals surface area contributed by atoms with Gasteiger partial charge in [-0.2, -0.15) is 0 Å². The van der Waals surface area contributed by atoms with Gasteiger partial charge in [0, 0.05) is 37.1 Å². The number of aryl methyl sites for hydroxylation is 1. The zero-order chi connectivity index (χ0) is 24.0. The molecule has 35 heavy (non-hydrogen) atoms. The second-order valence-electron chi connectivity index (χ2n) is 8.76. The van der Waals surface area contributed by atoms with E-state index in [2.05, 4.69) is 4.90 Å². The van der Waals surface area contributed by atoms with Crippen LogP contribution < -0.4 is 20.9 Å². The second-order valence-corrected chi connectivity index (χ2v) is 8.76. The first-order valence-electron chi connectivity index (χ1n) is 11.3. The Kier molecular flexibility index (Phi) is 6.73. The van der Waals surface area contributed by atoms with Crippen LogP contribution in [0.5, 0.6) is 5.75 Å². The predicted octanol–water partition coefficient (Wildman–Crippen LogP) is 2.99. The highest BCUT2D eigenvalue weighted by Gasteiger charge is 2.26. The monoisotopic (exact) mass is 497 g/mol. The van der Waals surface area contributed by atoms with Crippen molar-refractivity contribution in [2.75, 3.05) is 25.1 Å². The van der Waals surface area contributed by atoms with Gasteiger partial charge in [-0.1, -0.05) is 18.2 Å². The highest BCUT2D eigenvalue weighted by molar-refractivity contribution is 6.06. The number of ether oxygens (including phenoxy) is 1. The SMILES string of the molecule is COc1ccccc1Cn1c(N2CCC[C@@H](N)C2)nc2c3cc(C(=O)O)ccc3n(C)c(=O)c21.Cl. The van der Waals surface area contributed by atoms with E-state index < -0.39 is 5.97 Å². The molecule has 2 aromatic carbocycles. The summed E-state index contributed by atoms with van der Waals surface area (Å²) in [5.74, 6) is 0.345. The van der Waals surface area contributed by atoms with Crippen LogP contribution in [0, 0.1) is 0 Å². The predicted molar refractivity (Wildman–Crippen MR) is 138 cm³/mol. The quantitative estimate of drug-likeness (QED) is 0.435. The van der Waals surface area contributed by atoms with Crippen molar-refractivity contribution in [3.05, 3.63) is 63.9 Å². The number of halogens is 1. The van der Waals surface area contributed by atoms with Crippen LogP contribution in [0.1, 0.15) is 28.8 Å². The van der Waals surface area contributed by atoms with Gasteiger partial charge in [-0.15, -0.1) is 12.4 Å². The number of methoxy groups -OCH3 is 1. The third-order valence-electron chi connectivity index (χ3n) is 6.58. The number of piperidine rings is 1. The molecule has 0 saturated carbocycles. The molecule has 4 aromatic rings. The van der Waals surface area contributed by atoms with Crippen LogP contribution in [0.4, 0.5) is 5.95 Å². The highest BCUT2D eigenvalue weighted by atomic mass is 35.5. The normalized spacial score (nSPS) is 15.9. The lowest BCUT2D eigenvalue weighted by Gasteiger charge is -2.32. The Hall–Kier alpha value is -3.56. The summed E-state index contributed by atoms with van der Waals surface area (Å²) in [6, 6.07) is 12.5. The molecule has 1 fully saturated rings. The molecule has 0 unspecified atom stereocenters. The Balaban J connectivity index is 0.00000289. The van der Waals surface area contributed by atoms with E-state index in [0.29, 0.717) is 41.0 Å². The Morgan fingerprint density at radius 2 is 2.03 bits per heavy atom. The number of pyridine rings is 1. The van der Waals surface area contributed by atoms with Gasteiger partial charge in [-0.25, -0.2) is 9.78 Å². The van der Waals surface area contributed by atoms with Crippen molar-refractivity contribution in [1.82, 2.24) is 14.1 Å². The molecule has 0 radical (unpaired) electrons. The number of benzene rings is 2. The molecule has 2 aromatic heterocycles. The number of para-hydroxylation sites is 1. The molecule has 1 aliphatic heterocycles. The molecule has 5 rings (SSSR count). The van der Waals surface area contributed by atoms with Crippen molar-refractivity contribution in [3.63, 3.8) is 0 Å². The number of carbonyl (C=O) groups is 1. The minimum absolute atomic E-state index is 0. The molecule has 184 valence electrons. The molecule has 1 atom stereocenters. The van der Waals surface area contributed by atoms with Gasteiger partial charge >= 0.3 is 5.97 Å². The maximum absolute atomic E-state index is 13.6. The van der Waals surface area contributed by atoms with E-state index in [1.165, 1.54) is 6.07 Å². The van der Waals surface area contributed by atoms with Crippen LogP contribution in [0.3, 0.4) is 0 Å². The molecule has 1 saturated heterocycles. The van der Waals surface area contributed by atoms with Crippen LogP contribution in [-0.2, 0) is 13.6 Å². The van der Waals surface area contributed by atoms with E-state index in [9.17, 15) is 14.7 Å². The standard InChI is InChI=1S/C25H27N5O4.ClH/c1-28-19-10-9-15(24(32)33)12-18(19)21-22(23(28)31)30(13-16-6-3-4-8-20(16)34-2)25(27-21)29-11-5-7-17(26)14-29;/h3-4,6,8-10,12,17H,5,7,11,13-14,26H2,1-2H3,(H,32,33);1H/t17-;/m1./s1. The van der Waals surface area contributed by atoms with Crippen LogP contribution in [0.2, 0.25) is 0 Å². The van der Waals surface area contributed by atoms with Gasteiger partial charge in [0.2, 0.25) is 5.95 Å². The maximum Gasteiger partial charge on any atom is 0.335 e. The van der Waals surface area contributed by atoms with Crippen molar-refractivity contribution in [3.8, 4) is 5.75 Å². The first kappa shape index (κ1) is 24.6. The van der Waals surface area contributed by atoms with Crippen LogP contribution in [-0.4, -0.2) is 51.4 Å². The number of aromatic carboxylic acids is 1. The largest absolute Gasteiger partial charge is 0.496 e. The van der Waals surface area contributed by atoms with E-state index >= 15 is 0 Å². The molecule has 0 spiro atoms. The Morgan fingerprint density at radius 3 is 2.74 bits per heavy atom. The summed E-state index contributed by atoms with van der Waals surface area (Å²) in [6.45, 7) is 1.79. The lowest BCUT2D eigenvalue weighted by Crippen LogP contribution is -2.44. The minimum Gasteiger partial charge on any atom is -0.496 e. The van der Waals surface area contributed by atoms with Gasteiger partial charge in [-0.3, -0.25) is 4.79 Å². The van der Waals surface area contributed by atoms with Crippen LogP contribution in [0.15, 0.2) is 47.3 Å². The van der Waals surface area contributed by atoms with Crippen molar-refractivity contribution < 1.29 is 14.6 Å². The Bertz CT molecular complexity index is 1480. The van der Waals surface area contributed by atoms with Gasteiger partial charge in [-0.05, 0) is 37.1 Å². The fraction of sp³-hybridized carbons (Fsp3) is 0.320. The van der Waals surface area contributed by atoms with Crippen LogP contribution in [0.25, 0.3) is 21.9 Å². The van der Waals surface area contributed by atoms with E-state index in [0.717, 1.165) is 30.7 Å². The summed E-state index contributed by atoms with van der Waals surface area (Å²) in [6.07, 6.45) is 1.87. The summed E-state index contributed by atoms with van der Waals surface area (Å²) >= 11 is 0. The second kappa shape index (κ2) is 9.59. The number of anilines is 1. The fourth-order valence-corrected chi connectivity index (χ4v) is 4.85. The van der Waals surface area contributed by atoms with Gasteiger partial charge in [0.1, 0.15) is 16.8 Å². The number of hydrogen-bond donors (Lipinski definition) is 2. The molecule has 0 amide bonds. The number of carboxylic acid groups (broad SMARTS) is 1. The topological polar surface area (TPSA) is 116 Å². The highest BCUT2D eigenvalue weighted by Crippen LogP contribution is 2.31. The van der Waals surface area contributed by atoms with Crippen molar-refractivity contribution in [2.24, 2.45) is 12.8 Å². The molecule has 3 heterocycles. The van der Waals surface area contributed by atoms with Gasteiger partial charge in [0.15, 0.2) is 0 Å². The number of nitrogens with two attached hydrogens (primary N) is 1. The first-order valence-corrected chi connectivity index (χ1v) is 11.3. The molecule has 1 aliphatic rings. The molecular weight excluding hydrogens is 470 g/mol. The Labute approximate surface area is 208 Å². The average molecular weight is 498 g/mol. The van der Waals surface area contributed by atoms with E-state index in [-0.39, 0.29) is 29.6 Å². The van der Waals surface area contributed by atoms with Gasteiger partial charge in [0.05, 0.1) is 24.7 Å². The molecule has 3 N–H and O–H groups in total. The molecular formula is C25H28ClN5O4. The number of rotatable bonds is 5. The summed E-state index contributed by atoms with van der Waals surface area (Å²) in [7, 11) is 3.32. The lowest BCUT2D eigenvalue weighted by molar-refractivity contribution is 0.0697. The zero-order valence-electron chi connectivity index (χ0n) is 19.6. The number of hydrogen-bond acceptors (Lipinski definition) is 6. The number of nitrogens with zero attached hydrogens (tertiary/aromatic N) is 4. The summed E-state index contributed by atoms with van der Waals surface area (Å²) in [5, 5.41) is 10.2. The first-order chi connectivity index (χ1) is 16.4. The van der Waals surface area contributed by atoms with E-state index in [1.54, 1.807) is 30.9 Å². The third-order valence-corrected chi connectivity index (χ3v) is 6.58. The summed E-state index contributed by atoms with van der Waals surface area (Å²) in [4.78, 5) is 32.3. The fourth-order valence-electron chi connectivity index (χ4n) is 4.85. The van der Waals surface area contributed by atoms with Crippen molar-refractivity contribution in [1.29, 1.82) is 0 Å². The number of aromatic nitrogens is 3. The molecule has 9 nitrogen and oxygen atoms in total. The van der Waals surface area contributed by atoms with Crippen LogP contribution >= 0.6 is 12.4 Å². The zero-order valence-corrected chi connectivity index (χ0v) is 20.4. The van der Waals surface area contributed by atoms with E-state index in [1.807, 2.05) is 28.8 Å². The summed E-state index contributed by atoms with van der Waals surface area (Å²) < 4.78 is 9.03. The van der Waals surface area contributed by atoms with Gasteiger partial charge in [0.25, 0.3) is 5.56 Å². The smallest absolute Gasteiger partial charge is 0.335 e. The van der Waals surface area contributed by atoms with Crippen molar-refractivity contribution in [2.45, 2.75) is 25.4 Å². The number of fused-ring (bicyclic) bond motifs is 3. The van der Waals surface area contributed by atoms with Gasteiger partial charge < -0.3 is 29.6 Å².